The van der Waals surface area contributed by atoms with Gasteiger partial charge in [-0.2, -0.15) is 0 Å². The third kappa shape index (κ3) is 8.68. The molecule has 0 aliphatic rings. The quantitative estimate of drug-likeness (QED) is 0.459. The van der Waals surface area contributed by atoms with Crippen molar-refractivity contribution >= 4 is 11.9 Å². The van der Waals surface area contributed by atoms with Gasteiger partial charge in [-0.1, -0.05) is 57.0 Å². The highest BCUT2D eigenvalue weighted by Gasteiger charge is 2.26. The lowest BCUT2D eigenvalue weighted by atomic mass is 10.1. The Labute approximate surface area is 151 Å². The zero-order valence-corrected chi connectivity index (χ0v) is 15.6. The van der Waals surface area contributed by atoms with Crippen molar-refractivity contribution in [3.05, 3.63) is 35.9 Å². The highest BCUT2D eigenvalue weighted by atomic mass is 16.5. The van der Waals surface area contributed by atoms with Crippen LogP contribution in [0.2, 0.25) is 0 Å². The maximum Gasteiger partial charge on any atom is 0.323 e. The van der Waals surface area contributed by atoms with Crippen LogP contribution in [-0.2, 0) is 19.1 Å². The van der Waals surface area contributed by atoms with Crippen LogP contribution >= 0.6 is 0 Å². The Balaban J connectivity index is 2.66. The van der Waals surface area contributed by atoms with Gasteiger partial charge >= 0.3 is 11.9 Å². The first-order chi connectivity index (χ1) is 12.1. The standard InChI is InChI=1S/C20H31NO4/c1-4-6-13-24-19(22)15-18(20(23)25-14-7-5-2)21-16(3)17-11-9-8-10-12-17/h8-12,16,18,21H,4-7,13-15H2,1-3H3. The lowest BCUT2D eigenvalue weighted by molar-refractivity contribution is -0.153. The van der Waals surface area contributed by atoms with Gasteiger partial charge in [0.25, 0.3) is 0 Å². The number of rotatable bonds is 12. The molecule has 1 aromatic rings. The molecule has 5 nitrogen and oxygen atoms in total. The molecule has 0 saturated carbocycles. The summed E-state index contributed by atoms with van der Waals surface area (Å²) in [4.78, 5) is 24.4. The number of benzene rings is 1. The molecule has 0 fully saturated rings. The van der Waals surface area contributed by atoms with E-state index in [2.05, 4.69) is 5.32 Å². The van der Waals surface area contributed by atoms with Crippen molar-refractivity contribution in [3.8, 4) is 0 Å². The minimum atomic E-state index is -0.707. The molecule has 1 N–H and O–H groups in total. The van der Waals surface area contributed by atoms with Crippen molar-refractivity contribution in [2.75, 3.05) is 13.2 Å². The second-order valence-corrected chi connectivity index (χ2v) is 6.15. The zero-order chi connectivity index (χ0) is 18.5. The van der Waals surface area contributed by atoms with Gasteiger partial charge in [0, 0.05) is 6.04 Å². The molecule has 25 heavy (non-hydrogen) atoms. The number of hydrogen-bond donors (Lipinski definition) is 1. The third-order valence-corrected chi connectivity index (χ3v) is 3.91. The molecule has 0 radical (unpaired) electrons. The fourth-order valence-electron chi connectivity index (χ4n) is 2.32. The van der Waals surface area contributed by atoms with Gasteiger partial charge in [0.15, 0.2) is 0 Å². The summed E-state index contributed by atoms with van der Waals surface area (Å²) in [5, 5.41) is 3.21. The fraction of sp³-hybridized carbons (Fsp3) is 0.600. The summed E-state index contributed by atoms with van der Waals surface area (Å²) < 4.78 is 10.5. The van der Waals surface area contributed by atoms with E-state index in [1.54, 1.807) is 0 Å². The summed E-state index contributed by atoms with van der Waals surface area (Å²) in [6, 6.07) is 9.02. The van der Waals surface area contributed by atoms with E-state index < -0.39 is 12.0 Å². The van der Waals surface area contributed by atoms with E-state index in [-0.39, 0.29) is 18.4 Å². The number of carbonyl (C=O) groups excluding carboxylic acids is 2. The molecule has 0 aliphatic carbocycles. The van der Waals surface area contributed by atoms with Crippen LogP contribution in [0.1, 0.15) is 64.5 Å². The van der Waals surface area contributed by atoms with E-state index in [4.69, 9.17) is 9.47 Å². The SMILES string of the molecule is CCCCOC(=O)CC(NC(C)c1ccccc1)C(=O)OCCCC. The van der Waals surface area contributed by atoms with Crippen LogP contribution in [-0.4, -0.2) is 31.2 Å². The topological polar surface area (TPSA) is 64.6 Å². The number of hydrogen-bond acceptors (Lipinski definition) is 5. The maximum absolute atomic E-state index is 12.4. The van der Waals surface area contributed by atoms with Gasteiger partial charge in [-0.15, -0.1) is 0 Å². The largest absolute Gasteiger partial charge is 0.466 e. The molecule has 2 atom stereocenters. The van der Waals surface area contributed by atoms with E-state index in [1.165, 1.54) is 0 Å². The molecule has 0 spiro atoms. The van der Waals surface area contributed by atoms with Crippen molar-refractivity contribution in [2.45, 2.75) is 65.0 Å². The third-order valence-electron chi connectivity index (χ3n) is 3.91. The van der Waals surface area contributed by atoms with Gasteiger partial charge in [0.2, 0.25) is 0 Å². The highest BCUT2D eigenvalue weighted by molar-refractivity contribution is 5.82. The van der Waals surface area contributed by atoms with Crippen molar-refractivity contribution < 1.29 is 19.1 Å². The van der Waals surface area contributed by atoms with Gasteiger partial charge in [-0.25, -0.2) is 0 Å². The fourth-order valence-corrected chi connectivity index (χ4v) is 2.32. The van der Waals surface area contributed by atoms with Gasteiger partial charge in [-0.3, -0.25) is 14.9 Å². The van der Waals surface area contributed by atoms with Crippen LogP contribution < -0.4 is 5.32 Å². The maximum atomic E-state index is 12.4. The molecule has 0 saturated heterocycles. The summed E-state index contributed by atoms with van der Waals surface area (Å²) in [7, 11) is 0. The lowest BCUT2D eigenvalue weighted by Gasteiger charge is -2.22. The monoisotopic (exact) mass is 349 g/mol. The molecule has 1 aromatic carbocycles. The molecule has 5 heteroatoms. The molecular weight excluding hydrogens is 318 g/mol. The molecule has 0 aliphatic heterocycles. The van der Waals surface area contributed by atoms with Gasteiger partial charge in [0.1, 0.15) is 6.04 Å². The van der Waals surface area contributed by atoms with Gasteiger partial charge in [0.05, 0.1) is 19.6 Å². The first kappa shape index (κ1) is 21.2. The minimum Gasteiger partial charge on any atom is -0.466 e. The summed E-state index contributed by atoms with van der Waals surface area (Å²) in [6.45, 7) is 6.79. The summed E-state index contributed by atoms with van der Waals surface area (Å²) in [6.07, 6.45) is 3.52. The Hall–Kier alpha value is -1.88. The Morgan fingerprint density at radius 2 is 1.60 bits per heavy atom. The van der Waals surface area contributed by atoms with E-state index in [1.807, 2.05) is 51.1 Å². The van der Waals surface area contributed by atoms with Crippen LogP contribution in [0, 0.1) is 0 Å². The Kier molecular flexibility index (Phi) is 10.6. The van der Waals surface area contributed by atoms with Crippen LogP contribution in [0.15, 0.2) is 30.3 Å². The predicted molar refractivity (Wildman–Crippen MR) is 98.1 cm³/mol. The number of nitrogens with one attached hydrogen (secondary N) is 1. The van der Waals surface area contributed by atoms with Crippen molar-refractivity contribution in [1.82, 2.24) is 5.32 Å². The van der Waals surface area contributed by atoms with Crippen molar-refractivity contribution in [1.29, 1.82) is 0 Å². The molecule has 0 bridgehead atoms. The molecule has 0 heterocycles. The summed E-state index contributed by atoms with van der Waals surface area (Å²) in [5.74, 6) is -0.776. The zero-order valence-electron chi connectivity index (χ0n) is 15.6. The normalized spacial score (nSPS) is 13.1. The summed E-state index contributed by atoms with van der Waals surface area (Å²) in [5.41, 5.74) is 1.05. The van der Waals surface area contributed by atoms with E-state index in [0.717, 1.165) is 31.2 Å². The lowest BCUT2D eigenvalue weighted by Crippen LogP contribution is -2.41. The molecular formula is C20H31NO4. The minimum absolute atomic E-state index is 0.0220. The van der Waals surface area contributed by atoms with E-state index in [0.29, 0.717) is 13.2 Å². The number of ether oxygens (including phenoxy) is 2. The Morgan fingerprint density at radius 3 is 2.20 bits per heavy atom. The first-order valence-electron chi connectivity index (χ1n) is 9.21. The molecule has 1 rings (SSSR count). The van der Waals surface area contributed by atoms with Crippen LogP contribution in [0.5, 0.6) is 0 Å². The van der Waals surface area contributed by atoms with Crippen LogP contribution in [0.4, 0.5) is 0 Å². The molecule has 2 unspecified atom stereocenters. The first-order valence-corrected chi connectivity index (χ1v) is 9.21. The van der Waals surface area contributed by atoms with Gasteiger partial charge in [-0.05, 0) is 25.3 Å². The number of carbonyl (C=O) groups is 2. The molecule has 140 valence electrons. The van der Waals surface area contributed by atoms with Crippen molar-refractivity contribution in [2.24, 2.45) is 0 Å². The molecule has 0 amide bonds. The Bertz CT molecular complexity index is 504. The average molecular weight is 349 g/mol. The second-order valence-electron chi connectivity index (χ2n) is 6.15. The number of unbranched alkanes of at least 4 members (excludes halogenated alkanes) is 2. The Morgan fingerprint density at radius 1 is 1.00 bits per heavy atom. The molecule has 0 aromatic heterocycles. The summed E-state index contributed by atoms with van der Waals surface area (Å²) >= 11 is 0. The highest BCUT2D eigenvalue weighted by Crippen LogP contribution is 2.14. The van der Waals surface area contributed by atoms with E-state index in [9.17, 15) is 9.59 Å². The average Bonchev–Trinajstić information content (AvgIpc) is 2.62. The van der Waals surface area contributed by atoms with Crippen LogP contribution in [0.25, 0.3) is 0 Å². The van der Waals surface area contributed by atoms with Gasteiger partial charge < -0.3 is 9.47 Å². The second kappa shape index (κ2) is 12.5. The van der Waals surface area contributed by atoms with Crippen molar-refractivity contribution in [3.63, 3.8) is 0 Å². The number of esters is 2. The van der Waals surface area contributed by atoms with E-state index >= 15 is 0 Å². The van der Waals surface area contributed by atoms with Crippen LogP contribution in [0.3, 0.4) is 0 Å². The predicted octanol–water partition coefficient (Wildman–Crippen LogP) is 3.78. The smallest absolute Gasteiger partial charge is 0.323 e.